The van der Waals surface area contributed by atoms with Gasteiger partial charge >= 0.3 is 0 Å². The summed E-state index contributed by atoms with van der Waals surface area (Å²) in [7, 11) is 4.27. The lowest BCUT2D eigenvalue weighted by molar-refractivity contribution is 0.345. The third-order valence-electron chi connectivity index (χ3n) is 2.36. The van der Waals surface area contributed by atoms with Gasteiger partial charge in [0.2, 0.25) is 0 Å². The number of rotatable bonds is 1. The van der Waals surface area contributed by atoms with E-state index in [4.69, 9.17) is 0 Å². The van der Waals surface area contributed by atoms with Gasteiger partial charge in [-0.2, -0.15) is 0 Å². The van der Waals surface area contributed by atoms with E-state index in [2.05, 4.69) is 24.3 Å². The second kappa shape index (κ2) is 3.94. The van der Waals surface area contributed by atoms with Crippen LogP contribution in [0.1, 0.15) is 20.7 Å². The van der Waals surface area contributed by atoms with E-state index in [0.717, 1.165) is 6.04 Å². The molecule has 0 spiro atoms. The smallest absolute Gasteiger partial charge is 0.00767 e. The first-order chi connectivity index (χ1) is 4.83. The van der Waals surface area contributed by atoms with Gasteiger partial charge in [0.25, 0.3) is 0 Å². The van der Waals surface area contributed by atoms with Crippen molar-refractivity contribution in [2.24, 2.45) is 0 Å². The summed E-state index contributed by atoms with van der Waals surface area (Å²) in [5.41, 5.74) is 0. The quantitative estimate of drug-likeness (QED) is 0.589. The SMILES string of the molecule is CNC1CCCN(C)CC1.[HH]. The first kappa shape index (κ1) is 8.02. The highest BCUT2D eigenvalue weighted by Gasteiger charge is 2.11. The van der Waals surface area contributed by atoms with Gasteiger partial charge in [0.05, 0.1) is 0 Å². The summed E-state index contributed by atoms with van der Waals surface area (Å²) in [6.45, 7) is 2.53. The molecule has 2 nitrogen and oxygen atoms in total. The predicted octanol–water partition coefficient (Wildman–Crippen LogP) is 0.936. The normalized spacial score (nSPS) is 30.0. The summed E-state index contributed by atoms with van der Waals surface area (Å²) in [6, 6.07) is 0.768. The van der Waals surface area contributed by atoms with E-state index >= 15 is 0 Å². The van der Waals surface area contributed by atoms with E-state index in [1.165, 1.54) is 32.4 Å². The maximum Gasteiger partial charge on any atom is 0.00767 e. The van der Waals surface area contributed by atoms with Gasteiger partial charge in [-0.05, 0) is 46.4 Å². The Labute approximate surface area is 65.1 Å². The summed E-state index contributed by atoms with van der Waals surface area (Å²) < 4.78 is 0. The fourth-order valence-corrected chi connectivity index (χ4v) is 1.53. The Kier molecular flexibility index (Phi) is 3.16. The Morgan fingerprint density at radius 1 is 1.40 bits per heavy atom. The van der Waals surface area contributed by atoms with Gasteiger partial charge in [-0.1, -0.05) is 0 Å². The van der Waals surface area contributed by atoms with Crippen LogP contribution in [0.3, 0.4) is 0 Å². The van der Waals surface area contributed by atoms with Crippen molar-refractivity contribution >= 4 is 0 Å². The predicted molar refractivity (Wildman–Crippen MR) is 46.3 cm³/mol. The molecule has 0 aromatic heterocycles. The van der Waals surface area contributed by atoms with Crippen LogP contribution in [-0.2, 0) is 0 Å². The molecule has 0 radical (unpaired) electrons. The second-order valence-corrected chi connectivity index (χ2v) is 3.22. The number of likely N-dealkylation sites (tertiary alicyclic amines) is 1. The molecule has 1 unspecified atom stereocenters. The Bertz CT molecular complexity index is 98.1. The molecule has 1 fully saturated rings. The fourth-order valence-electron chi connectivity index (χ4n) is 1.53. The molecule has 0 amide bonds. The molecule has 1 rings (SSSR count). The van der Waals surface area contributed by atoms with Crippen LogP contribution in [0.25, 0.3) is 0 Å². The lowest BCUT2D eigenvalue weighted by Gasteiger charge is -2.13. The highest BCUT2D eigenvalue weighted by atomic mass is 15.1. The topological polar surface area (TPSA) is 15.3 Å². The monoisotopic (exact) mass is 144 g/mol. The Morgan fingerprint density at radius 2 is 2.20 bits per heavy atom. The molecule has 1 saturated heterocycles. The molecule has 1 N–H and O–H groups in total. The lowest BCUT2D eigenvalue weighted by Crippen LogP contribution is -2.26. The zero-order valence-corrected chi connectivity index (χ0v) is 7.06. The zero-order chi connectivity index (χ0) is 7.40. The number of hydrogen-bond donors (Lipinski definition) is 1. The first-order valence-electron chi connectivity index (χ1n) is 4.18. The van der Waals surface area contributed by atoms with Crippen molar-refractivity contribution in [3.05, 3.63) is 0 Å². The van der Waals surface area contributed by atoms with Crippen LogP contribution >= 0.6 is 0 Å². The average Bonchev–Trinajstić information content (AvgIpc) is 2.14. The number of nitrogens with one attached hydrogen (secondary N) is 1. The number of hydrogen-bond acceptors (Lipinski definition) is 2. The van der Waals surface area contributed by atoms with Crippen molar-refractivity contribution in [2.75, 3.05) is 27.2 Å². The molecule has 0 aromatic rings. The Hall–Kier alpha value is -0.0800. The van der Waals surface area contributed by atoms with Gasteiger partial charge in [-0.3, -0.25) is 0 Å². The van der Waals surface area contributed by atoms with Gasteiger partial charge in [0, 0.05) is 7.47 Å². The molecule has 0 bridgehead atoms. The minimum atomic E-state index is 0. The van der Waals surface area contributed by atoms with Crippen LogP contribution in [0.15, 0.2) is 0 Å². The van der Waals surface area contributed by atoms with Crippen LogP contribution in [0.5, 0.6) is 0 Å². The maximum absolute atomic E-state index is 3.34. The van der Waals surface area contributed by atoms with Crippen LogP contribution < -0.4 is 5.32 Å². The molecule has 10 heavy (non-hydrogen) atoms. The molecule has 1 aliphatic heterocycles. The van der Waals surface area contributed by atoms with Crippen molar-refractivity contribution in [1.82, 2.24) is 10.2 Å². The van der Waals surface area contributed by atoms with Crippen LogP contribution in [-0.4, -0.2) is 38.1 Å². The summed E-state index contributed by atoms with van der Waals surface area (Å²) in [5.74, 6) is 0. The van der Waals surface area contributed by atoms with E-state index in [0.29, 0.717) is 0 Å². The van der Waals surface area contributed by atoms with Crippen molar-refractivity contribution in [3.63, 3.8) is 0 Å². The van der Waals surface area contributed by atoms with Crippen molar-refractivity contribution in [3.8, 4) is 0 Å². The highest BCUT2D eigenvalue weighted by molar-refractivity contribution is 4.71. The van der Waals surface area contributed by atoms with E-state index in [1.54, 1.807) is 0 Å². The van der Waals surface area contributed by atoms with Gasteiger partial charge < -0.3 is 10.2 Å². The largest absolute Gasteiger partial charge is 0.317 e. The van der Waals surface area contributed by atoms with Crippen LogP contribution in [0.4, 0.5) is 0 Å². The molecule has 0 aliphatic carbocycles. The zero-order valence-electron chi connectivity index (χ0n) is 7.06. The van der Waals surface area contributed by atoms with E-state index in [-0.39, 0.29) is 1.43 Å². The minimum absolute atomic E-state index is 0. The van der Waals surface area contributed by atoms with Crippen LogP contribution in [0.2, 0.25) is 0 Å². The third kappa shape index (κ3) is 2.27. The molecule has 1 heterocycles. The molecular weight excluding hydrogens is 124 g/mol. The third-order valence-corrected chi connectivity index (χ3v) is 2.36. The molecule has 0 saturated carbocycles. The second-order valence-electron chi connectivity index (χ2n) is 3.22. The van der Waals surface area contributed by atoms with Crippen molar-refractivity contribution < 1.29 is 1.43 Å². The lowest BCUT2D eigenvalue weighted by atomic mass is 10.1. The summed E-state index contributed by atoms with van der Waals surface area (Å²) >= 11 is 0. The standard InChI is InChI=1S/C8H18N2.H2/c1-9-8-4-3-6-10(2)7-5-8;/h8-9H,3-7H2,1-2H3;1H. The van der Waals surface area contributed by atoms with E-state index in [1.807, 2.05) is 0 Å². The van der Waals surface area contributed by atoms with Gasteiger partial charge in [-0.25, -0.2) is 0 Å². The molecular formula is C8H20N2. The van der Waals surface area contributed by atoms with Gasteiger partial charge in [-0.15, -0.1) is 0 Å². The highest BCUT2D eigenvalue weighted by Crippen LogP contribution is 2.08. The van der Waals surface area contributed by atoms with Crippen LogP contribution in [0, 0.1) is 0 Å². The molecule has 62 valence electrons. The summed E-state index contributed by atoms with van der Waals surface area (Å²) in [5, 5.41) is 3.34. The van der Waals surface area contributed by atoms with Crippen molar-refractivity contribution in [1.29, 1.82) is 0 Å². The molecule has 0 aromatic carbocycles. The number of nitrogens with zero attached hydrogens (tertiary/aromatic N) is 1. The summed E-state index contributed by atoms with van der Waals surface area (Å²) in [4.78, 5) is 2.41. The Morgan fingerprint density at radius 3 is 2.90 bits per heavy atom. The molecule has 1 atom stereocenters. The first-order valence-corrected chi connectivity index (χ1v) is 4.18. The van der Waals surface area contributed by atoms with E-state index in [9.17, 15) is 0 Å². The van der Waals surface area contributed by atoms with Gasteiger partial charge in [0.15, 0.2) is 0 Å². The minimum Gasteiger partial charge on any atom is -0.317 e. The molecule has 2 heteroatoms. The summed E-state index contributed by atoms with van der Waals surface area (Å²) in [6.07, 6.45) is 4.01. The van der Waals surface area contributed by atoms with Crippen molar-refractivity contribution in [2.45, 2.75) is 25.3 Å². The Balaban J connectivity index is 0.000001000. The average molecular weight is 144 g/mol. The fraction of sp³-hybridized carbons (Fsp3) is 1.00. The maximum atomic E-state index is 3.34. The molecule has 1 aliphatic rings. The van der Waals surface area contributed by atoms with Gasteiger partial charge in [0.1, 0.15) is 0 Å². The van der Waals surface area contributed by atoms with E-state index < -0.39 is 0 Å².